The number of fused-ring (bicyclic) bond motifs is 2. The van der Waals surface area contributed by atoms with E-state index in [1.54, 1.807) is 84.2 Å². The molecule has 0 aliphatic carbocycles. The summed E-state index contributed by atoms with van der Waals surface area (Å²) in [7, 11) is 0. The summed E-state index contributed by atoms with van der Waals surface area (Å²) in [6, 6.07) is 15.8. The molecular weight excluding hydrogens is 739 g/mol. The maximum absolute atomic E-state index is 13.6. The zero-order valence-electron chi connectivity index (χ0n) is 29.8. The molecule has 17 heteroatoms. The summed E-state index contributed by atoms with van der Waals surface area (Å²) in [6.45, 7) is 0.529. The number of likely N-dealkylation sites (tertiary alicyclic amines) is 1. The SMILES string of the molecule is Nc1nccn2c([C@@H]3CCCN3C(=O)COCCSc3cccc4c3C(=O)N(C3CCC(=O)NC3=O)C4=O)nc(-c3ccc(C(=O)Nc4ccccn4)cc3)c12. The number of imide groups is 2. The molecule has 2 saturated heterocycles. The lowest BCUT2D eigenvalue weighted by Gasteiger charge is -2.27. The van der Waals surface area contributed by atoms with Crippen molar-refractivity contribution in [1.82, 2.24) is 34.5 Å². The van der Waals surface area contributed by atoms with Crippen molar-refractivity contribution in [2.75, 3.05) is 36.6 Å². The molecule has 284 valence electrons. The summed E-state index contributed by atoms with van der Waals surface area (Å²) in [6.07, 6.45) is 6.50. The molecule has 16 nitrogen and oxygen atoms in total. The minimum atomic E-state index is -1.05. The predicted molar refractivity (Wildman–Crippen MR) is 203 cm³/mol. The monoisotopic (exact) mass is 773 g/mol. The van der Waals surface area contributed by atoms with Gasteiger partial charge in [0, 0.05) is 53.3 Å². The number of nitrogen functional groups attached to an aromatic ring is 1. The fraction of sp³-hybridized carbons (Fsp3) is 0.256. The van der Waals surface area contributed by atoms with Crippen molar-refractivity contribution in [2.45, 2.75) is 42.7 Å². The van der Waals surface area contributed by atoms with Gasteiger partial charge in [-0.15, -0.1) is 11.8 Å². The standard InChI is InChI=1S/C39H35N9O7S/c40-34-33-32(22-9-11-23(12-10-22)36(51)43-28-8-1-2-15-41-28)45-35(47(33)18-16-42-34)25-6-4-17-46(25)30(50)21-55-19-20-56-27-7-3-5-24-31(27)39(54)48(38(24)53)26-13-14-29(49)44-37(26)52/h1-3,5,7-12,15-16,18,25-26H,4,6,13-14,17,19-21H2,(H2,40,42)(H,41,43,51)(H,44,49,52)/t25-,26?/m0/s1. The zero-order valence-corrected chi connectivity index (χ0v) is 30.7. The van der Waals surface area contributed by atoms with Crippen LogP contribution in [-0.2, 0) is 19.1 Å². The van der Waals surface area contributed by atoms with Crippen LogP contribution in [-0.4, -0.2) is 96.1 Å². The van der Waals surface area contributed by atoms with Gasteiger partial charge in [0.1, 0.15) is 41.3 Å². The van der Waals surface area contributed by atoms with Gasteiger partial charge in [-0.1, -0.05) is 24.3 Å². The first kappa shape index (κ1) is 36.5. The number of hydrogen-bond donors (Lipinski definition) is 3. The zero-order chi connectivity index (χ0) is 38.9. The van der Waals surface area contributed by atoms with Crippen molar-refractivity contribution in [2.24, 2.45) is 0 Å². The van der Waals surface area contributed by atoms with Crippen molar-refractivity contribution in [3.05, 3.63) is 102 Å². The largest absolute Gasteiger partial charge is 0.382 e. The molecule has 0 radical (unpaired) electrons. The lowest BCUT2D eigenvalue weighted by atomic mass is 10.0. The van der Waals surface area contributed by atoms with Crippen LogP contribution in [0.2, 0.25) is 0 Å². The van der Waals surface area contributed by atoms with E-state index in [2.05, 4.69) is 20.6 Å². The Morgan fingerprint density at radius 3 is 2.57 bits per heavy atom. The highest BCUT2D eigenvalue weighted by molar-refractivity contribution is 7.99. The van der Waals surface area contributed by atoms with Gasteiger partial charge >= 0.3 is 0 Å². The molecule has 2 fully saturated rings. The molecule has 3 aromatic heterocycles. The fourth-order valence-corrected chi connectivity index (χ4v) is 8.26. The molecule has 56 heavy (non-hydrogen) atoms. The number of nitrogens with two attached hydrogens (primary N) is 1. The number of rotatable bonds is 11. The molecule has 5 aromatic rings. The van der Waals surface area contributed by atoms with Gasteiger partial charge in [-0.25, -0.2) is 15.0 Å². The van der Waals surface area contributed by atoms with Gasteiger partial charge in [0.05, 0.1) is 23.8 Å². The number of aromatic nitrogens is 4. The second-order valence-electron chi connectivity index (χ2n) is 13.4. The second kappa shape index (κ2) is 15.3. The number of carbonyl (C=O) groups is 6. The van der Waals surface area contributed by atoms with Gasteiger partial charge in [0.25, 0.3) is 17.7 Å². The van der Waals surface area contributed by atoms with Crippen LogP contribution in [0.25, 0.3) is 16.8 Å². The molecule has 6 amide bonds. The normalized spacial score (nSPS) is 18.1. The number of hydrogen-bond acceptors (Lipinski definition) is 12. The average Bonchev–Trinajstić information content (AvgIpc) is 3.91. The molecule has 2 atom stereocenters. The Hall–Kier alpha value is -6.46. The quantitative estimate of drug-likeness (QED) is 0.100. The van der Waals surface area contributed by atoms with E-state index >= 15 is 0 Å². The second-order valence-corrected chi connectivity index (χ2v) is 14.5. The molecule has 3 aliphatic rings. The number of piperidine rings is 1. The molecule has 0 saturated carbocycles. The molecule has 1 unspecified atom stereocenters. The lowest BCUT2D eigenvalue weighted by molar-refractivity contribution is -0.137. The molecule has 6 heterocycles. The van der Waals surface area contributed by atoms with E-state index in [0.29, 0.717) is 52.0 Å². The summed E-state index contributed by atoms with van der Waals surface area (Å²) < 4.78 is 7.68. The molecule has 0 bridgehead atoms. The van der Waals surface area contributed by atoms with Crippen molar-refractivity contribution in [1.29, 1.82) is 0 Å². The Kier molecular flexibility index (Phi) is 10.0. The number of nitrogens with one attached hydrogen (secondary N) is 2. The Morgan fingerprint density at radius 1 is 0.946 bits per heavy atom. The molecular formula is C39H35N9O7S. The highest BCUT2D eigenvalue weighted by atomic mass is 32.2. The maximum Gasteiger partial charge on any atom is 0.263 e. The van der Waals surface area contributed by atoms with Gasteiger partial charge in [-0.2, -0.15) is 0 Å². The first-order chi connectivity index (χ1) is 27.2. The number of anilines is 2. The third kappa shape index (κ3) is 6.86. The van der Waals surface area contributed by atoms with Crippen LogP contribution in [0.5, 0.6) is 0 Å². The topological polar surface area (TPSA) is 211 Å². The van der Waals surface area contributed by atoms with Crippen LogP contribution < -0.4 is 16.4 Å². The lowest BCUT2D eigenvalue weighted by Crippen LogP contribution is -2.54. The van der Waals surface area contributed by atoms with Crippen LogP contribution in [0.1, 0.15) is 68.6 Å². The van der Waals surface area contributed by atoms with Crippen LogP contribution in [0.3, 0.4) is 0 Å². The van der Waals surface area contributed by atoms with Gasteiger partial charge in [0.15, 0.2) is 0 Å². The first-order valence-electron chi connectivity index (χ1n) is 18.0. The number of carbonyl (C=O) groups excluding carboxylic acids is 6. The van der Waals surface area contributed by atoms with E-state index in [0.717, 1.165) is 16.9 Å². The average molecular weight is 774 g/mol. The van der Waals surface area contributed by atoms with Gasteiger partial charge < -0.3 is 20.7 Å². The number of thioether (sulfide) groups is 1. The first-order valence-corrected chi connectivity index (χ1v) is 19.0. The minimum Gasteiger partial charge on any atom is -0.382 e. The van der Waals surface area contributed by atoms with Crippen LogP contribution in [0, 0.1) is 0 Å². The van der Waals surface area contributed by atoms with Crippen molar-refractivity contribution >= 4 is 64.4 Å². The highest BCUT2D eigenvalue weighted by Gasteiger charge is 2.45. The Balaban J connectivity index is 0.911. The van der Waals surface area contributed by atoms with Gasteiger partial charge in [-0.3, -0.25) is 43.4 Å². The number of benzene rings is 2. The molecule has 2 aromatic carbocycles. The minimum absolute atomic E-state index is 0.0386. The number of nitrogens with zero attached hydrogens (tertiary/aromatic N) is 6. The van der Waals surface area contributed by atoms with E-state index in [9.17, 15) is 28.8 Å². The smallest absolute Gasteiger partial charge is 0.263 e. The van der Waals surface area contributed by atoms with Crippen LogP contribution >= 0.6 is 11.8 Å². The van der Waals surface area contributed by atoms with Crippen molar-refractivity contribution in [3.8, 4) is 11.3 Å². The highest BCUT2D eigenvalue weighted by Crippen LogP contribution is 2.37. The fourth-order valence-electron chi connectivity index (χ4n) is 7.32. The van der Waals surface area contributed by atoms with Gasteiger partial charge in [-0.05, 0) is 55.7 Å². The Bertz CT molecular complexity index is 2400. The molecule has 3 aliphatic heterocycles. The number of amides is 6. The predicted octanol–water partition coefficient (Wildman–Crippen LogP) is 3.50. The van der Waals surface area contributed by atoms with Crippen molar-refractivity contribution < 1.29 is 33.5 Å². The van der Waals surface area contributed by atoms with Gasteiger partial charge in [0.2, 0.25) is 17.7 Å². The number of ether oxygens (including phenoxy) is 1. The molecule has 0 spiro atoms. The summed E-state index contributed by atoms with van der Waals surface area (Å²) in [5.41, 5.74) is 9.13. The third-order valence-corrected chi connectivity index (χ3v) is 11.0. The van der Waals surface area contributed by atoms with Crippen LogP contribution in [0.4, 0.5) is 11.6 Å². The van der Waals surface area contributed by atoms with Crippen LogP contribution in [0.15, 0.2) is 84.1 Å². The summed E-state index contributed by atoms with van der Waals surface area (Å²) in [5.74, 6) is -1.03. The summed E-state index contributed by atoms with van der Waals surface area (Å²) in [4.78, 5) is 93.8. The molecule has 4 N–H and O–H groups in total. The van der Waals surface area contributed by atoms with E-state index in [1.165, 1.54) is 11.8 Å². The summed E-state index contributed by atoms with van der Waals surface area (Å²) >= 11 is 1.31. The Labute approximate surface area is 323 Å². The Morgan fingerprint density at radius 2 is 1.79 bits per heavy atom. The number of pyridine rings is 1. The van der Waals surface area contributed by atoms with E-state index in [-0.39, 0.29) is 60.9 Å². The van der Waals surface area contributed by atoms with E-state index in [1.807, 2.05) is 4.40 Å². The van der Waals surface area contributed by atoms with E-state index in [4.69, 9.17) is 15.5 Å². The van der Waals surface area contributed by atoms with Crippen molar-refractivity contribution in [3.63, 3.8) is 0 Å². The maximum atomic E-state index is 13.6. The summed E-state index contributed by atoms with van der Waals surface area (Å²) in [5, 5.41) is 4.98. The molecule has 8 rings (SSSR count). The number of imidazole rings is 1. The third-order valence-electron chi connectivity index (χ3n) is 9.95. The van der Waals surface area contributed by atoms with E-state index < -0.39 is 29.7 Å².